The highest BCUT2D eigenvalue weighted by atomic mass is 16.2. The average molecular weight is 438 g/mol. The van der Waals surface area contributed by atoms with Crippen molar-refractivity contribution >= 4 is 23.5 Å². The van der Waals surface area contributed by atoms with Crippen LogP contribution in [0.3, 0.4) is 0 Å². The Labute approximate surface area is 188 Å². The van der Waals surface area contributed by atoms with Crippen LogP contribution in [0.5, 0.6) is 0 Å². The number of amides is 4. The number of hydrogen-bond acceptors (Lipinski definition) is 4. The molecule has 4 amide bonds. The Morgan fingerprint density at radius 1 is 1.09 bits per heavy atom. The molecule has 1 aliphatic rings. The maximum Gasteiger partial charge on any atom is 0.312 e. The van der Waals surface area contributed by atoms with Gasteiger partial charge < -0.3 is 21.7 Å². The molecule has 32 heavy (non-hydrogen) atoms. The van der Waals surface area contributed by atoms with Crippen LogP contribution in [-0.2, 0) is 4.79 Å². The second kappa shape index (κ2) is 11.3. The molecule has 8 heteroatoms. The van der Waals surface area contributed by atoms with E-state index >= 15 is 0 Å². The summed E-state index contributed by atoms with van der Waals surface area (Å²) in [5.41, 5.74) is 7.07. The first kappa shape index (κ1) is 23.3. The zero-order valence-corrected chi connectivity index (χ0v) is 18.3. The Bertz CT molecular complexity index is 934. The van der Waals surface area contributed by atoms with E-state index in [9.17, 15) is 14.4 Å². The molecule has 0 saturated carbocycles. The number of hydrogen-bond donors (Lipinski definition) is 4. The predicted octanol–water partition coefficient (Wildman–Crippen LogP) is 2.50. The fourth-order valence-electron chi connectivity index (χ4n) is 3.99. The first-order valence-electron chi connectivity index (χ1n) is 10.9. The third-order valence-corrected chi connectivity index (χ3v) is 5.63. The van der Waals surface area contributed by atoms with Gasteiger partial charge in [0.05, 0.1) is 23.8 Å². The van der Waals surface area contributed by atoms with Crippen LogP contribution in [0.25, 0.3) is 0 Å². The summed E-state index contributed by atoms with van der Waals surface area (Å²) >= 11 is 0. The lowest BCUT2D eigenvalue weighted by Gasteiger charge is -2.32. The Balaban J connectivity index is 1.57. The fraction of sp³-hybridized carbons (Fsp3) is 0.375. The van der Waals surface area contributed by atoms with Crippen LogP contribution in [0, 0.1) is 5.92 Å². The molecule has 0 bridgehead atoms. The topological polar surface area (TPSA) is 117 Å². The predicted molar refractivity (Wildman–Crippen MR) is 124 cm³/mol. The monoisotopic (exact) mass is 437 g/mol. The van der Waals surface area contributed by atoms with Crippen molar-refractivity contribution in [2.45, 2.75) is 25.8 Å². The Kier molecular flexibility index (Phi) is 8.21. The van der Waals surface area contributed by atoms with Gasteiger partial charge in [0.2, 0.25) is 5.91 Å². The third-order valence-electron chi connectivity index (χ3n) is 5.63. The van der Waals surface area contributed by atoms with E-state index in [1.165, 1.54) is 0 Å². The summed E-state index contributed by atoms with van der Waals surface area (Å²) in [6, 6.07) is 16.0. The van der Waals surface area contributed by atoms with Crippen molar-refractivity contribution in [3.8, 4) is 0 Å². The standard InChI is InChI=1S/C24H31N5O3/c1-17(19-9-3-2-4-10-19)27-23(31)20-11-5-6-12-21(20)28-22(30)16-29-13-7-8-18(15-29)14-26-24(25)32/h2-6,9-12,17-18H,7-8,13-16H2,1H3,(H,27,31)(H,28,30)(H3,25,26,32). The second-order valence-electron chi connectivity index (χ2n) is 8.19. The van der Waals surface area contributed by atoms with Gasteiger partial charge in [-0.1, -0.05) is 42.5 Å². The lowest BCUT2D eigenvalue weighted by molar-refractivity contribution is -0.117. The Hall–Kier alpha value is -3.39. The van der Waals surface area contributed by atoms with Crippen LogP contribution in [0.15, 0.2) is 54.6 Å². The van der Waals surface area contributed by atoms with Gasteiger partial charge in [-0.2, -0.15) is 0 Å². The van der Waals surface area contributed by atoms with Crippen LogP contribution in [0.4, 0.5) is 10.5 Å². The van der Waals surface area contributed by atoms with Gasteiger partial charge in [0, 0.05) is 13.1 Å². The number of carbonyl (C=O) groups is 3. The van der Waals surface area contributed by atoms with Crippen LogP contribution in [0.1, 0.15) is 41.7 Å². The van der Waals surface area contributed by atoms with Crippen LogP contribution >= 0.6 is 0 Å². The van der Waals surface area contributed by atoms with Gasteiger partial charge in [-0.25, -0.2) is 4.79 Å². The molecule has 5 N–H and O–H groups in total. The molecule has 0 aromatic heterocycles. The smallest absolute Gasteiger partial charge is 0.312 e. The van der Waals surface area contributed by atoms with Gasteiger partial charge in [0.25, 0.3) is 5.91 Å². The Morgan fingerprint density at radius 2 is 1.81 bits per heavy atom. The number of piperidine rings is 1. The molecule has 170 valence electrons. The first-order chi connectivity index (χ1) is 15.4. The summed E-state index contributed by atoms with van der Waals surface area (Å²) < 4.78 is 0. The summed E-state index contributed by atoms with van der Waals surface area (Å²) in [6.45, 7) is 4.19. The number of carbonyl (C=O) groups excluding carboxylic acids is 3. The van der Waals surface area contributed by atoms with Crippen LogP contribution in [-0.4, -0.2) is 48.9 Å². The van der Waals surface area contributed by atoms with Crippen LogP contribution in [0.2, 0.25) is 0 Å². The molecule has 2 aromatic rings. The molecular weight excluding hydrogens is 406 g/mol. The molecule has 2 unspecified atom stereocenters. The summed E-state index contributed by atoms with van der Waals surface area (Å²) in [7, 11) is 0. The van der Waals surface area contributed by atoms with E-state index in [4.69, 9.17) is 5.73 Å². The largest absolute Gasteiger partial charge is 0.352 e. The third kappa shape index (κ3) is 6.81. The zero-order valence-electron chi connectivity index (χ0n) is 18.3. The molecular formula is C24H31N5O3. The maximum atomic E-state index is 12.9. The van der Waals surface area contributed by atoms with E-state index in [1.807, 2.05) is 37.3 Å². The van der Waals surface area contributed by atoms with Crippen LogP contribution < -0.4 is 21.7 Å². The number of likely N-dealkylation sites (tertiary alicyclic amines) is 1. The highest BCUT2D eigenvalue weighted by Gasteiger charge is 2.23. The summed E-state index contributed by atoms with van der Waals surface area (Å²) in [6.07, 6.45) is 1.94. The number of nitrogens with one attached hydrogen (secondary N) is 3. The van der Waals surface area contributed by atoms with Crippen molar-refractivity contribution in [1.29, 1.82) is 0 Å². The maximum absolute atomic E-state index is 12.9. The van der Waals surface area contributed by atoms with Crippen molar-refractivity contribution in [2.75, 3.05) is 31.5 Å². The normalized spacial score (nSPS) is 17.2. The molecule has 1 fully saturated rings. The zero-order chi connectivity index (χ0) is 22.9. The summed E-state index contributed by atoms with van der Waals surface area (Å²) in [4.78, 5) is 38.6. The number of urea groups is 1. The number of nitrogens with two attached hydrogens (primary N) is 1. The van der Waals surface area contributed by atoms with Crippen molar-refractivity contribution in [3.05, 3.63) is 65.7 Å². The highest BCUT2D eigenvalue weighted by molar-refractivity contribution is 6.04. The summed E-state index contributed by atoms with van der Waals surface area (Å²) in [5, 5.41) is 8.52. The number of primary amides is 1. The first-order valence-corrected chi connectivity index (χ1v) is 10.9. The van der Waals surface area contributed by atoms with Crippen molar-refractivity contribution in [3.63, 3.8) is 0 Å². The molecule has 2 atom stereocenters. The van der Waals surface area contributed by atoms with Crippen molar-refractivity contribution < 1.29 is 14.4 Å². The number of benzene rings is 2. The van der Waals surface area contributed by atoms with Gasteiger partial charge >= 0.3 is 6.03 Å². The number of para-hydroxylation sites is 1. The molecule has 1 heterocycles. The van der Waals surface area contributed by atoms with E-state index < -0.39 is 6.03 Å². The van der Waals surface area contributed by atoms with E-state index in [2.05, 4.69) is 20.9 Å². The van der Waals surface area contributed by atoms with Gasteiger partial charge in [0.1, 0.15) is 0 Å². The lowest BCUT2D eigenvalue weighted by Crippen LogP contribution is -2.44. The molecule has 0 radical (unpaired) electrons. The molecule has 1 aliphatic heterocycles. The molecule has 3 rings (SSSR count). The minimum atomic E-state index is -0.531. The van der Waals surface area contributed by atoms with E-state index in [0.717, 1.165) is 24.9 Å². The minimum Gasteiger partial charge on any atom is -0.352 e. The average Bonchev–Trinajstić information content (AvgIpc) is 2.78. The van der Waals surface area contributed by atoms with E-state index in [-0.39, 0.29) is 30.3 Å². The molecule has 0 spiro atoms. The lowest BCUT2D eigenvalue weighted by atomic mass is 9.98. The SMILES string of the molecule is CC(NC(=O)c1ccccc1NC(=O)CN1CCCC(CNC(N)=O)C1)c1ccccc1. The van der Waals surface area contributed by atoms with Crippen molar-refractivity contribution in [2.24, 2.45) is 11.7 Å². The van der Waals surface area contributed by atoms with E-state index in [1.54, 1.807) is 24.3 Å². The van der Waals surface area contributed by atoms with Gasteiger partial charge in [-0.15, -0.1) is 0 Å². The number of nitrogens with zero attached hydrogens (tertiary/aromatic N) is 1. The van der Waals surface area contributed by atoms with Gasteiger partial charge in [-0.3, -0.25) is 14.5 Å². The molecule has 1 saturated heterocycles. The fourth-order valence-corrected chi connectivity index (χ4v) is 3.99. The van der Waals surface area contributed by atoms with Crippen molar-refractivity contribution in [1.82, 2.24) is 15.5 Å². The number of rotatable bonds is 8. The number of anilines is 1. The molecule has 2 aromatic carbocycles. The highest BCUT2D eigenvalue weighted by Crippen LogP contribution is 2.19. The van der Waals surface area contributed by atoms with Gasteiger partial charge in [-0.05, 0) is 49.9 Å². The van der Waals surface area contributed by atoms with Gasteiger partial charge in [0.15, 0.2) is 0 Å². The molecule has 0 aliphatic carbocycles. The minimum absolute atomic E-state index is 0.160. The second-order valence-corrected chi connectivity index (χ2v) is 8.19. The Morgan fingerprint density at radius 3 is 2.56 bits per heavy atom. The quantitative estimate of drug-likeness (QED) is 0.508. The summed E-state index contributed by atoms with van der Waals surface area (Å²) in [5.74, 6) is -0.153. The van der Waals surface area contributed by atoms with E-state index in [0.29, 0.717) is 24.3 Å². The molecule has 8 nitrogen and oxygen atoms in total.